The van der Waals surface area contributed by atoms with Crippen molar-refractivity contribution in [3.8, 4) is 5.75 Å². The van der Waals surface area contributed by atoms with Gasteiger partial charge in [0.25, 0.3) is 0 Å². The van der Waals surface area contributed by atoms with Crippen LogP contribution in [0.25, 0.3) is 0 Å². The van der Waals surface area contributed by atoms with Crippen molar-refractivity contribution in [1.82, 2.24) is 4.90 Å². The van der Waals surface area contributed by atoms with Gasteiger partial charge < -0.3 is 25.2 Å². The summed E-state index contributed by atoms with van der Waals surface area (Å²) in [6.07, 6.45) is 6.09. The number of nitrogens with one attached hydrogen (secondary N) is 1. The van der Waals surface area contributed by atoms with Crippen molar-refractivity contribution in [3.63, 3.8) is 0 Å². The topological polar surface area (TPSA) is 99.1 Å². The number of ether oxygens (including phenoxy) is 1. The van der Waals surface area contributed by atoms with Crippen LogP contribution in [0.3, 0.4) is 0 Å². The van der Waals surface area contributed by atoms with Crippen LogP contribution >= 0.6 is 0 Å². The lowest BCUT2D eigenvalue weighted by molar-refractivity contribution is -0.138. The van der Waals surface area contributed by atoms with Crippen molar-refractivity contribution >= 4 is 17.5 Å². The number of hydrogen-bond acceptors (Lipinski definition) is 5. The molecule has 7 heteroatoms. The summed E-state index contributed by atoms with van der Waals surface area (Å²) in [6.45, 7) is 0.712. The minimum Gasteiger partial charge on any atom is -0.494 e. The van der Waals surface area contributed by atoms with Crippen LogP contribution in [0.2, 0.25) is 0 Å². The van der Waals surface area contributed by atoms with E-state index in [1.54, 1.807) is 4.90 Å². The lowest BCUT2D eigenvalue weighted by atomic mass is 9.91. The fourth-order valence-electron chi connectivity index (χ4n) is 4.20. The maximum atomic E-state index is 12.6. The highest BCUT2D eigenvalue weighted by Gasteiger charge is 2.31. The van der Waals surface area contributed by atoms with Gasteiger partial charge in [-0.05, 0) is 55.9 Å². The van der Waals surface area contributed by atoms with Gasteiger partial charge in [0.1, 0.15) is 5.75 Å². The normalized spacial score (nSPS) is 21.2. The van der Waals surface area contributed by atoms with E-state index in [1.807, 2.05) is 18.2 Å². The van der Waals surface area contributed by atoms with E-state index in [1.165, 1.54) is 0 Å². The Kier molecular flexibility index (Phi) is 7.89. The molecule has 0 radical (unpaired) electrons. The van der Waals surface area contributed by atoms with Gasteiger partial charge in [0.2, 0.25) is 11.8 Å². The number of hydrogen-bond donors (Lipinski definition) is 3. The van der Waals surface area contributed by atoms with Gasteiger partial charge in [-0.25, -0.2) is 0 Å². The Hall–Kier alpha value is -2.12. The average Bonchev–Trinajstić information content (AvgIpc) is 2.72. The summed E-state index contributed by atoms with van der Waals surface area (Å²) in [5, 5.41) is 22.4. The van der Waals surface area contributed by atoms with Gasteiger partial charge in [0.15, 0.2) is 0 Å². The molecule has 2 atom stereocenters. The van der Waals surface area contributed by atoms with Gasteiger partial charge in [0.05, 0.1) is 25.4 Å². The summed E-state index contributed by atoms with van der Waals surface area (Å²) in [4.78, 5) is 25.7. The number of carbonyl (C=O) groups is 2. The fourth-order valence-corrected chi connectivity index (χ4v) is 4.20. The van der Waals surface area contributed by atoms with Gasteiger partial charge in [-0.3, -0.25) is 9.59 Å². The molecule has 1 heterocycles. The lowest BCUT2D eigenvalue weighted by Crippen LogP contribution is -2.49. The second kappa shape index (κ2) is 10.6. The molecule has 1 aromatic rings. The summed E-state index contributed by atoms with van der Waals surface area (Å²) in [5.41, 5.74) is 1.94. The van der Waals surface area contributed by atoms with Crippen LogP contribution in [-0.4, -0.2) is 58.8 Å². The smallest absolute Gasteiger partial charge is 0.224 e. The van der Waals surface area contributed by atoms with Gasteiger partial charge in [-0.1, -0.05) is 12.8 Å². The fraction of sp³-hybridized carbons (Fsp3) is 0.636. The van der Waals surface area contributed by atoms with Crippen molar-refractivity contribution in [2.75, 3.05) is 25.1 Å². The SMILES string of the molecule is O=C1CCc2cc(OCCCCC(=O)N(CCO)C3CCCCC3O)ccc2N1. The van der Waals surface area contributed by atoms with Gasteiger partial charge in [0, 0.05) is 25.1 Å². The molecule has 0 saturated heterocycles. The minimum atomic E-state index is -0.489. The number of aliphatic hydroxyl groups is 2. The third kappa shape index (κ3) is 5.93. The molecule has 1 aliphatic carbocycles. The van der Waals surface area contributed by atoms with E-state index in [9.17, 15) is 19.8 Å². The molecule has 1 fully saturated rings. The first-order valence-corrected chi connectivity index (χ1v) is 10.7. The van der Waals surface area contributed by atoms with Gasteiger partial charge >= 0.3 is 0 Å². The van der Waals surface area contributed by atoms with Crippen molar-refractivity contribution in [1.29, 1.82) is 0 Å². The zero-order valence-corrected chi connectivity index (χ0v) is 16.9. The number of nitrogens with zero attached hydrogens (tertiary/aromatic N) is 1. The number of amides is 2. The summed E-state index contributed by atoms with van der Waals surface area (Å²) >= 11 is 0. The van der Waals surface area contributed by atoms with Crippen LogP contribution in [0.15, 0.2) is 18.2 Å². The predicted octanol–water partition coefficient (Wildman–Crippen LogP) is 2.24. The molecule has 3 N–H and O–H groups in total. The molecule has 2 unspecified atom stereocenters. The molecule has 7 nitrogen and oxygen atoms in total. The van der Waals surface area contributed by atoms with E-state index < -0.39 is 6.10 Å². The monoisotopic (exact) mass is 404 g/mol. The number of aryl methyl sites for hydroxylation is 1. The first-order chi connectivity index (χ1) is 14.1. The number of anilines is 1. The Balaban J connectivity index is 1.41. The van der Waals surface area contributed by atoms with E-state index in [2.05, 4.69) is 5.32 Å². The van der Waals surface area contributed by atoms with E-state index in [0.717, 1.165) is 55.5 Å². The van der Waals surface area contributed by atoms with E-state index in [0.29, 0.717) is 25.9 Å². The number of aliphatic hydroxyl groups excluding tert-OH is 2. The summed E-state index contributed by atoms with van der Waals surface area (Å²) in [5.74, 6) is 0.819. The quantitative estimate of drug-likeness (QED) is 0.548. The predicted molar refractivity (Wildman–Crippen MR) is 110 cm³/mol. The van der Waals surface area contributed by atoms with Crippen molar-refractivity contribution in [3.05, 3.63) is 23.8 Å². The molecule has 0 aromatic heterocycles. The largest absolute Gasteiger partial charge is 0.494 e. The standard InChI is InChI=1S/C22H32N2O5/c25-13-12-24(19-5-1-2-6-20(19)26)22(28)7-3-4-14-29-17-9-10-18-16(15-17)8-11-21(27)23-18/h9-10,15,19-20,25-26H,1-8,11-14H2,(H,23,27). The molecule has 0 bridgehead atoms. The second-order valence-electron chi connectivity index (χ2n) is 7.90. The zero-order valence-electron chi connectivity index (χ0n) is 16.9. The Labute approximate surface area is 172 Å². The molecule has 0 spiro atoms. The van der Waals surface area contributed by atoms with Crippen LogP contribution in [0.5, 0.6) is 5.75 Å². The molecule has 2 amide bonds. The molecule has 29 heavy (non-hydrogen) atoms. The average molecular weight is 405 g/mol. The highest BCUT2D eigenvalue weighted by molar-refractivity contribution is 5.94. The molecule has 160 valence electrons. The number of fused-ring (bicyclic) bond motifs is 1. The number of rotatable bonds is 9. The first-order valence-electron chi connectivity index (χ1n) is 10.7. The molecule has 2 aliphatic rings. The van der Waals surface area contributed by atoms with Crippen LogP contribution in [0, 0.1) is 0 Å². The number of unbranched alkanes of at least 4 members (excludes halogenated alkanes) is 1. The Morgan fingerprint density at radius 3 is 2.83 bits per heavy atom. The lowest BCUT2D eigenvalue weighted by Gasteiger charge is -2.37. The molecular formula is C22H32N2O5. The summed E-state index contributed by atoms with van der Waals surface area (Å²) in [6, 6.07) is 5.51. The summed E-state index contributed by atoms with van der Waals surface area (Å²) in [7, 11) is 0. The van der Waals surface area contributed by atoms with Crippen LogP contribution in [0.4, 0.5) is 5.69 Å². The highest BCUT2D eigenvalue weighted by Crippen LogP contribution is 2.27. The van der Waals surface area contributed by atoms with E-state index in [-0.39, 0.29) is 31.0 Å². The van der Waals surface area contributed by atoms with Gasteiger partial charge in [-0.2, -0.15) is 0 Å². The van der Waals surface area contributed by atoms with E-state index in [4.69, 9.17) is 4.74 Å². The molecule has 1 aliphatic heterocycles. The third-order valence-corrected chi connectivity index (χ3v) is 5.78. The first kappa shape index (κ1) is 21.6. The van der Waals surface area contributed by atoms with Crippen molar-refractivity contribution in [2.24, 2.45) is 0 Å². The minimum absolute atomic E-state index is 0.00507. The Morgan fingerprint density at radius 1 is 1.21 bits per heavy atom. The highest BCUT2D eigenvalue weighted by atomic mass is 16.5. The summed E-state index contributed by atoms with van der Waals surface area (Å²) < 4.78 is 5.80. The third-order valence-electron chi connectivity index (χ3n) is 5.78. The number of carbonyl (C=O) groups excluding carboxylic acids is 2. The van der Waals surface area contributed by atoms with Crippen LogP contribution in [-0.2, 0) is 16.0 Å². The van der Waals surface area contributed by atoms with E-state index >= 15 is 0 Å². The Bertz CT molecular complexity index is 708. The molecule has 1 aromatic carbocycles. The molecule has 1 saturated carbocycles. The van der Waals surface area contributed by atoms with Gasteiger partial charge in [-0.15, -0.1) is 0 Å². The molecular weight excluding hydrogens is 372 g/mol. The molecule has 3 rings (SSSR count). The van der Waals surface area contributed by atoms with Crippen molar-refractivity contribution in [2.45, 2.75) is 69.9 Å². The zero-order chi connectivity index (χ0) is 20.6. The number of benzene rings is 1. The Morgan fingerprint density at radius 2 is 2.03 bits per heavy atom. The van der Waals surface area contributed by atoms with Crippen molar-refractivity contribution < 1.29 is 24.5 Å². The van der Waals surface area contributed by atoms with Crippen LogP contribution < -0.4 is 10.1 Å². The maximum absolute atomic E-state index is 12.6. The second-order valence-corrected chi connectivity index (χ2v) is 7.90. The maximum Gasteiger partial charge on any atom is 0.224 e. The van der Waals surface area contributed by atoms with Crippen LogP contribution in [0.1, 0.15) is 56.9 Å².